The number of rotatable bonds is 5. The second kappa shape index (κ2) is 7.83. The van der Waals surface area contributed by atoms with Crippen molar-refractivity contribution in [1.82, 2.24) is 4.90 Å². The number of aryl methyl sites for hydroxylation is 1. The molecule has 1 aromatic heterocycles. The van der Waals surface area contributed by atoms with Gasteiger partial charge in [0.1, 0.15) is 0 Å². The number of thiophene rings is 1. The van der Waals surface area contributed by atoms with Crippen molar-refractivity contribution < 1.29 is 14.2 Å². The van der Waals surface area contributed by atoms with E-state index in [-0.39, 0.29) is 12.2 Å². The summed E-state index contributed by atoms with van der Waals surface area (Å²) in [4.78, 5) is 5.50. The van der Waals surface area contributed by atoms with Gasteiger partial charge in [0.05, 0.1) is 25.4 Å². The first-order valence-corrected chi connectivity index (χ1v) is 10.2. The first-order valence-electron chi connectivity index (χ1n) is 9.40. The highest BCUT2D eigenvalue weighted by Crippen LogP contribution is 2.34. The van der Waals surface area contributed by atoms with E-state index < -0.39 is 0 Å². The zero-order valence-electron chi connectivity index (χ0n) is 14.6. The molecule has 0 bridgehead atoms. The van der Waals surface area contributed by atoms with Gasteiger partial charge in [-0.25, -0.2) is 0 Å². The molecule has 4 rings (SSSR count). The van der Waals surface area contributed by atoms with Gasteiger partial charge in [-0.3, -0.25) is 4.90 Å². The minimum absolute atomic E-state index is 0.264. The number of morpholine rings is 1. The zero-order chi connectivity index (χ0) is 16.4. The van der Waals surface area contributed by atoms with Crippen molar-refractivity contribution in [2.24, 2.45) is 5.92 Å². The molecule has 2 saturated heterocycles. The van der Waals surface area contributed by atoms with E-state index in [1.54, 1.807) is 0 Å². The Bertz CT molecular complexity index is 528. The molecule has 1 saturated carbocycles. The first kappa shape index (κ1) is 17.0. The molecule has 0 spiro atoms. The summed E-state index contributed by atoms with van der Waals surface area (Å²) in [5, 5.41) is 0. The lowest BCUT2D eigenvalue weighted by molar-refractivity contribution is -0.122. The summed E-state index contributed by atoms with van der Waals surface area (Å²) in [7, 11) is 0. The van der Waals surface area contributed by atoms with Gasteiger partial charge in [0.15, 0.2) is 0 Å². The summed E-state index contributed by atoms with van der Waals surface area (Å²) in [6.45, 7) is 7.81. The van der Waals surface area contributed by atoms with Gasteiger partial charge in [-0.1, -0.05) is 0 Å². The summed E-state index contributed by atoms with van der Waals surface area (Å²) >= 11 is 1.92. The number of hydrogen-bond acceptors (Lipinski definition) is 5. The van der Waals surface area contributed by atoms with Crippen LogP contribution in [-0.4, -0.2) is 56.1 Å². The molecule has 24 heavy (non-hydrogen) atoms. The van der Waals surface area contributed by atoms with Crippen molar-refractivity contribution >= 4 is 11.3 Å². The number of ether oxygens (including phenoxy) is 3. The molecule has 4 nitrogen and oxygen atoms in total. The third-order valence-electron chi connectivity index (χ3n) is 5.69. The van der Waals surface area contributed by atoms with Crippen LogP contribution in [0.5, 0.6) is 0 Å². The van der Waals surface area contributed by atoms with E-state index in [9.17, 15) is 0 Å². The molecule has 0 radical (unpaired) electrons. The van der Waals surface area contributed by atoms with Crippen LogP contribution in [0.15, 0.2) is 12.1 Å². The third kappa shape index (κ3) is 3.86. The summed E-state index contributed by atoms with van der Waals surface area (Å²) < 4.78 is 17.9. The van der Waals surface area contributed by atoms with Gasteiger partial charge in [-0.15, -0.1) is 11.3 Å². The lowest BCUT2D eigenvalue weighted by Crippen LogP contribution is -2.51. The lowest BCUT2D eigenvalue weighted by Gasteiger charge is -2.39. The minimum atomic E-state index is 0.264. The van der Waals surface area contributed by atoms with Gasteiger partial charge in [0.2, 0.25) is 0 Å². The third-order valence-corrected chi connectivity index (χ3v) is 6.68. The molecule has 0 unspecified atom stereocenters. The van der Waals surface area contributed by atoms with Crippen LogP contribution in [0.25, 0.3) is 0 Å². The molecule has 2 aliphatic heterocycles. The van der Waals surface area contributed by atoms with Crippen LogP contribution < -0.4 is 0 Å². The molecule has 1 aliphatic carbocycles. The van der Waals surface area contributed by atoms with Crippen LogP contribution in [0.1, 0.15) is 35.4 Å². The van der Waals surface area contributed by atoms with E-state index in [4.69, 9.17) is 14.2 Å². The Morgan fingerprint density at radius 3 is 2.83 bits per heavy atom. The fraction of sp³-hybridized carbons (Fsp3) is 0.789. The molecule has 5 heteroatoms. The van der Waals surface area contributed by atoms with Crippen molar-refractivity contribution in [2.45, 2.75) is 57.4 Å². The molecule has 0 aromatic carbocycles. The number of nitrogens with zero attached hydrogens (tertiary/aromatic N) is 1. The van der Waals surface area contributed by atoms with E-state index >= 15 is 0 Å². The molecule has 3 atom stereocenters. The van der Waals surface area contributed by atoms with E-state index in [0.29, 0.717) is 12.0 Å². The largest absolute Gasteiger partial charge is 0.381 e. The van der Waals surface area contributed by atoms with Crippen LogP contribution in [0.4, 0.5) is 0 Å². The molecular formula is C19H29NO3S. The Morgan fingerprint density at radius 1 is 1.17 bits per heavy atom. The second-order valence-corrected chi connectivity index (χ2v) is 8.76. The number of fused-ring (bicyclic) bond motifs is 1. The van der Waals surface area contributed by atoms with Gasteiger partial charge in [-0.05, 0) is 50.7 Å². The van der Waals surface area contributed by atoms with Crippen molar-refractivity contribution in [3.8, 4) is 0 Å². The predicted octanol–water partition coefficient (Wildman–Crippen LogP) is 3.23. The highest BCUT2D eigenvalue weighted by atomic mass is 32.1. The topological polar surface area (TPSA) is 30.9 Å². The van der Waals surface area contributed by atoms with Crippen molar-refractivity contribution in [3.63, 3.8) is 0 Å². The molecule has 3 aliphatic rings. The van der Waals surface area contributed by atoms with Crippen LogP contribution in [-0.2, 0) is 20.8 Å². The SMILES string of the molecule is Cc1ccc(CN2CCO[C@H]3[C@H](OCC4CCOCC4)CC[C@@H]32)s1. The Kier molecular flexibility index (Phi) is 5.54. The van der Waals surface area contributed by atoms with Gasteiger partial charge in [0, 0.05) is 42.1 Å². The average molecular weight is 352 g/mol. The first-order chi connectivity index (χ1) is 11.8. The quantitative estimate of drug-likeness (QED) is 0.815. The molecule has 0 amide bonds. The lowest BCUT2D eigenvalue weighted by atomic mass is 10.0. The highest BCUT2D eigenvalue weighted by molar-refractivity contribution is 7.11. The van der Waals surface area contributed by atoms with Gasteiger partial charge < -0.3 is 14.2 Å². The van der Waals surface area contributed by atoms with Crippen LogP contribution >= 0.6 is 11.3 Å². The van der Waals surface area contributed by atoms with Gasteiger partial charge in [0.25, 0.3) is 0 Å². The maximum atomic E-state index is 6.31. The maximum Gasteiger partial charge on any atom is 0.0992 e. The van der Waals surface area contributed by atoms with Crippen LogP contribution in [0, 0.1) is 12.8 Å². The fourth-order valence-electron chi connectivity index (χ4n) is 4.31. The van der Waals surface area contributed by atoms with Crippen molar-refractivity contribution in [3.05, 3.63) is 21.9 Å². The summed E-state index contributed by atoms with van der Waals surface area (Å²) in [6, 6.07) is 5.03. The maximum absolute atomic E-state index is 6.31. The van der Waals surface area contributed by atoms with Gasteiger partial charge in [-0.2, -0.15) is 0 Å². The van der Waals surface area contributed by atoms with E-state index in [0.717, 1.165) is 58.8 Å². The average Bonchev–Trinajstić information content (AvgIpc) is 3.21. The molecule has 1 aromatic rings. The van der Waals surface area contributed by atoms with E-state index in [1.165, 1.54) is 16.2 Å². The van der Waals surface area contributed by atoms with Crippen LogP contribution in [0.3, 0.4) is 0 Å². The molecule has 3 heterocycles. The van der Waals surface area contributed by atoms with E-state index in [1.807, 2.05) is 11.3 Å². The normalized spacial score (nSPS) is 32.1. The molecular weight excluding hydrogens is 322 g/mol. The Morgan fingerprint density at radius 2 is 2.04 bits per heavy atom. The summed E-state index contributed by atoms with van der Waals surface area (Å²) in [5.74, 6) is 0.673. The zero-order valence-corrected chi connectivity index (χ0v) is 15.4. The molecule has 134 valence electrons. The standard InChI is InChI=1S/C19H29NO3S/c1-14-2-3-16(24-14)12-20-8-11-22-19-17(20)4-5-18(19)23-13-15-6-9-21-10-7-15/h2-3,15,17-19H,4-13H2,1H3/t17-,18+,19+/m0/s1. The number of hydrogen-bond donors (Lipinski definition) is 0. The Balaban J connectivity index is 1.32. The predicted molar refractivity (Wildman–Crippen MR) is 95.5 cm³/mol. The Hall–Kier alpha value is -0.460. The summed E-state index contributed by atoms with van der Waals surface area (Å²) in [5.41, 5.74) is 0. The van der Waals surface area contributed by atoms with E-state index in [2.05, 4.69) is 24.0 Å². The van der Waals surface area contributed by atoms with Crippen molar-refractivity contribution in [1.29, 1.82) is 0 Å². The highest BCUT2D eigenvalue weighted by Gasteiger charge is 2.43. The Labute approximate surface area is 149 Å². The fourth-order valence-corrected chi connectivity index (χ4v) is 5.23. The smallest absolute Gasteiger partial charge is 0.0992 e. The summed E-state index contributed by atoms with van der Waals surface area (Å²) in [6.07, 6.45) is 5.17. The van der Waals surface area contributed by atoms with Crippen molar-refractivity contribution in [2.75, 3.05) is 33.0 Å². The van der Waals surface area contributed by atoms with Gasteiger partial charge >= 0.3 is 0 Å². The molecule has 3 fully saturated rings. The monoisotopic (exact) mass is 351 g/mol. The second-order valence-electron chi connectivity index (χ2n) is 7.39. The minimum Gasteiger partial charge on any atom is -0.381 e. The molecule has 0 N–H and O–H groups in total. The van der Waals surface area contributed by atoms with Crippen LogP contribution in [0.2, 0.25) is 0 Å².